The van der Waals surface area contributed by atoms with Gasteiger partial charge in [0.2, 0.25) is 11.7 Å². The molecule has 6 nitrogen and oxygen atoms in total. The second-order valence-corrected chi connectivity index (χ2v) is 6.65. The summed E-state index contributed by atoms with van der Waals surface area (Å²) in [5.41, 5.74) is -0.662. The van der Waals surface area contributed by atoms with Crippen LogP contribution in [-0.2, 0) is 21.6 Å². The van der Waals surface area contributed by atoms with Gasteiger partial charge in [0, 0.05) is 13.0 Å². The van der Waals surface area contributed by atoms with Crippen molar-refractivity contribution in [1.29, 1.82) is 0 Å². The van der Waals surface area contributed by atoms with Gasteiger partial charge in [0.25, 0.3) is 0 Å². The van der Waals surface area contributed by atoms with E-state index in [1.54, 1.807) is 0 Å². The van der Waals surface area contributed by atoms with Gasteiger partial charge in [0.05, 0.1) is 6.42 Å². The summed E-state index contributed by atoms with van der Waals surface area (Å²) >= 11 is 0. The molecule has 0 bridgehead atoms. The Kier molecular flexibility index (Phi) is 3.73. The van der Waals surface area contributed by atoms with Crippen LogP contribution in [0.5, 0.6) is 0 Å². The molecule has 0 radical (unpaired) electrons. The minimum atomic E-state index is -0.747. The number of rotatable bonds is 5. The third kappa shape index (κ3) is 2.95. The van der Waals surface area contributed by atoms with Crippen molar-refractivity contribution in [2.24, 2.45) is 5.41 Å². The van der Waals surface area contributed by atoms with Crippen LogP contribution < -0.4 is 0 Å². The van der Waals surface area contributed by atoms with Crippen LogP contribution in [0.4, 0.5) is 0 Å². The van der Waals surface area contributed by atoms with Crippen molar-refractivity contribution >= 4 is 5.97 Å². The number of aliphatic carboxylic acids is 1. The lowest BCUT2D eigenvalue weighted by molar-refractivity contribution is -0.139. The lowest BCUT2D eigenvalue weighted by atomic mass is 9.79. The average molecular weight is 294 g/mol. The molecule has 2 heterocycles. The van der Waals surface area contributed by atoms with Gasteiger partial charge in [0.15, 0.2) is 0 Å². The van der Waals surface area contributed by atoms with E-state index in [1.807, 2.05) is 6.92 Å². The van der Waals surface area contributed by atoms with Crippen molar-refractivity contribution in [3.63, 3.8) is 0 Å². The van der Waals surface area contributed by atoms with E-state index in [9.17, 15) is 4.79 Å². The highest BCUT2D eigenvalue weighted by Crippen LogP contribution is 2.44. The highest BCUT2D eigenvalue weighted by molar-refractivity contribution is 5.67. The lowest BCUT2D eigenvalue weighted by Gasteiger charge is -2.25. The molecular weight excluding hydrogens is 272 g/mol. The van der Waals surface area contributed by atoms with E-state index in [4.69, 9.17) is 14.4 Å². The van der Waals surface area contributed by atoms with Crippen molar-refractivity contribution in [2.75, 3.05) is 6.61 Å². The van der Waals surface area contributed by atoms with Crippen LogP contribution >= 0.6 is 0 Å². The van der Waals surface area contributed by atoms with Gasteiger partial charge < -0.3 is 14.4 Å². The molecule has 1 aromatic rings. The summed E-state index contributed by atoms with van der Waals surface area (Å²) in [6.45, 7) is 2.71. The predicted octanol–water partition coefficient (Wildman–Crippen LogP) is 2.67. The predicted molar refractivity (Wildman–Crippen MR) is 73.7 cm³/mol. The van der Waals surface area contributed by atoms with Crippen molar-refractivity contribution in [2.45, 2.75) is 63.9 Å². The summed E-state index contributed by atoms with van der Waals surface area (Å²) in [6, 6.07) is 0. The molecule has 6 heteroatoms. The van der Waals surface area contributed by atoms with E-state index in [1.165, 1.54) is 0 Å². The molecule has 1 aliphatic heterocycles. The molecule has 1 aliphatic carbocycles. The summed E-state index contributed by atoms with van der Waals surface area (Å²) in [6.07, 6.45) is 6.64. The van der Waals surface area contributed by atoms with Crippen molar-refractivity contribution in [3.8, 4) is 0 Å². The topological polar surface area (TPSA) is 85.5 Å². The fourth-order valence-electron chi connectivity index (χ4n) is 3.68. The zero-order chi connectivity index (χ0) is 14.9. The monoisotopic (exact) mass is 294 g/mol. The van der Waals surface area contributed by atoms with Gasteiger partial charge in [-0.15, -0.1) is 0 Å². The van der Waals surface area contributed by atoms with Gasteiger partial charge in [-0.25, -0.2) is 0 Å². The molecule has 116 valence electrons. The zero-order valence-electron chi connectivity index (χ0n) is 12.4. The Labute approximate surface area is 123 Å². The Morgan fingerprint density at radius 3 is 2.67 bits per heavy atom. The minimum absolute atomic E-state index is 0.179. The molecule has 3 rings (SSSR count). The standard InChI is InChI=1S/C15H22N2O4/c1-14(5-4-8-20-14)13-16-11(21-17-13)9-15(10-12(18)19)6-2-3-7-15/h2-10H2,1H3,(H,18,19). The van der Waals surface area contributed by atoms with Crippen LogP contribution in [0.15, 0.2) is 4.52 Å². The highest BCUT2D eigenvalue weighted by Gasteiger charge is 2.40. The van der Waals surface area contributed by atoms with Gasteiger partial charge in [-0.1, -0.05) is 18.0 Å². The number of carbonyl (C=O) groups is 1. The molecule has 1 atom stereocenters. The van der Waals surface area contributed by atoms with Gasteiger partial charge >= 0.3 is 5.97 Å². The number of hydrogen-bond donors (Lipinski definition) is 1. The van der Waals surface area contributed by atoms with E-state index >= 15 is 0 Å². The fraction of sp³-hybridized carbons (Fsp3) is 0.800. The van der Waals surface area contributed by atoms with E-state index in [0.29, 0.717) is 18.1 Å². The van der Waals surface area contributed by atoms with Crippen LogP contribution in [0, 0.1) is 5.41 Å². The summed E-state index contributed by atoms with van der Waals surface area (Å²) in [4.78, 5) is 15.6. The van der Waals surface area contributed by atoms with Gasteiger partial charge in [-0.2, -0.15) is 4.98 Å². The second kappa shape index (κ2) is 5.40. The number of ether oxygens (including phenoxy) is 1. The number of hydrogen-bond acceptors (Lipinski definition) is 5. The van der Waals surface area contributed by atoms with Crippen LogP contribution in [0.3, 0.4) is 0 Å². The maximum atomic E-state index is 11.1. The Hall–Kier alpha value is -1.43. The molecule has 1 saturated carbocycles. The fourth-order valence-corrected chi connectivity index (χ4v) is 3.68. The van der Waals surface area contributed by atoms with Crippen molar-refractivity contribution in [3.05, 3.63) is 11.7 Å². The number of aromatic nitrogens is 2. The van der Waals surface area contributed by atoms with E-state index in [2.05, 4.69) is 10.1 Å². The Morgan fingerprint density at radius 2 is 2.05 bits per heavy atom. The van der Waals surface area contributed by atoms with E-state index in [0.717, 1.165) is 45.1 Å². The lowest BCUT2D eigenvalue weighted by Crippen LogP contribution is -2.24. The molecule has 0 aromatic carbocycles. The summed E-state index contributed by atoms with van der Waals surface area (Å²) in [7, 11) is 0. The van der Waals surface area contributed by atoms with Crippen LogP contribution in [0.1, 0.15) is 63.6 Å². The number of nitrogens with zero attached hydrogens (tertiary/aromatic N) is 2. The third-order valence-corrected chi connectivity index (χ3v) is 4.88. The molecule has 0 amide bonds. The maximum absolute atomic E-state index is 11.1. The van der Waals surface area contributed by atoms with Gasteiger partial charge in [0.1, 0.15) is 5.60 Å². The number of carboxylic acid groups (broad SMARTS) is 1. The second-order valence-electron chi connectivity index (χ2n) is 6.65. The smallest absolute Gasteiger partial charge is 0.303 e. The largest absolute Gasteiger partial charge is 0.481 e. The maximum Gasteiger partial charge on any atom is 0.303 e. The Balaban J connectivity index is 1.75. The first kappa shape index (κ1) is 14.5. The summed E-state index contributed by atoms with van der Waals surface area (Å²) in [5.74, 6) is 0.395. The van der Waals surface area contributed by atoms with Gasteiger partial charge in [-0.3, -0.25) is 4.79 Å². The first-order chi connectivity index (χ1) is 10.0. The van der Waals surface area contributed by atoms with E-state index in [-0.39, 0.29) is 11.8 Å². The number of carboxylic acids is 1. The van der Waals surface area contributed by atoms with Gasteiger partial charge in [-0.05, 0) is 38.0 Å². The molecule has 1 N–H and O–H groups in total. The molecule has 1 saturated heterocycles. The highest BCUT2D eigenvalue weighted by atomic mass is 16.5. The Bertz CT molecular complexity index is 513. The third-order valence-electron chi connectivity index (χ3n) is 4.88. The van der Waals surface area contributed by atoms with Crippen LogP contribution in [-0.4, -0.2) is 27.8 Å². The molecular formula is C15H22N2O4. The first-order valence-corrected chi connectivity index (χ1v) is 7.70. The van der Waals surface area contributed by atoms with E-state index < -0.39 is 11.6 Å². The summed E-state index contributed by atoms with van der Waals surface area (Å²) < 4.78 is 11.1. The van der Waals surface area contributed by atoms with Crippen LogP contribution in [0.25, 0.3) is 0 Å². The normalized spacial score (nSPS) is 28.0. The SMILES string of the molecule is CC1(c2noc(CC3(CC(=O)O)CCCC3)n2)CCCO1. The molecule has 1 unspecified atom stereocenters. The molecule has 2 aliphatic rings. The quantitative estimate of drug-likeness (QED) is 0.898. The molecule has 1 aromatic heterocycles. The molecule has 21 heavy (non-hydrogen) atoms. The van der Waals surface area contributed by atoms with Crippen LogP contribution in [0.2, 0.25) is 0 Å². The van der Waals surface area contributed by atoms with Crippen molar-refractivity contribution in [1.82, 2.24) is 10.1 Å². The van der Waals surface area contributed by atoms with Crippen molar-refractivity contribution < 1.29 is 19.2 Å². The molecule has 2 fully saturated rings. The Morgan fingerprint density at radius 1 is 1.29 bits per heavy atom. The zero-order valence-corrected chi connectivity index (χ0v) is 12.4. The summed E-state index contributed by atoms with van der Waals surface area (Å²) in [5, 5.41) is 13.2. The molecule has 0 spiro atoms. The average Bonchev–Trinajstić information content (AvgIpc) is 3.11. The first-order valence-electron chi connectivity index (χ1n) is 7.70. The minimum Gasteiger partial charge on any atom is -0.481 e.